The number of rotatable bonds is 4. The molecule has 0 radical (unpaired) electrons. The van der Waals surface area contributed by atoms with E-state index in [2.05, 4.69) is 4.98 Å². The SMILES string of the molecule is CCCn1ccnc1C(=O)c1ccc(F)c(C(F)(F)F)c1. The molecule has 0 bridgehead atoms. The van der Waals surface area contributed by atoms with Gasteiger partial charge in [0, 0.05) is 24.5 Å². The van der Waals surface area contributed by atoms with Crippen molar-refractivity contribution in [1.82, 2.24) is 9.55 Å². The van der Waals surface area contributed by atoms with Crippen LogP contribution in [0.1, 0.15) is 35.1 Å². The van der Waals surface area contributed by atoms with Gasteiger partial charge in [0.05, 0.1) is 5.56 Å². The number of aryl methyl sites for hydroxylation is 1. The lowest BCUT2D eigenvalue weighted by Gasteiger charge is -2.10. The van der Waals surface area contributed by atoms with Crippen molar-refractivity contribution < 1.29 is 22.4 Å². The van der Waals surface area contributed by atoms with Gasteiger partial charge in [-0.3, -0.25) is 4.79 Å². The monoisotopic (exact) mass is 300 g/mol. The summed E-state index contributed by atoms with van der Waals surface area (Å²) >= 11 is 0. The smallest absolute Gasteiger partial charge is 0.328 e. The predicted octanol–water partition coefficient (Wildman–Crippen LogP) is 3.68. The van der Waals surface area contributed by atoms with Gasteiger partial charge in [0.1, 0.15) is 5.82 Å². The fourth-order valence-corrected chi connectivity index (χ4v) is 1.95. The molecular weight excluding hydrogens is 288 g/mol. The molecule has 1 aromatic carbocycles. The molecule has 0 atom stereocenters. The van der Waals surface area contributed by atoms with Gasteiger partial charge in [-0.05, 0) is 24.6 Å². The third-order valence-electron chi connectivity index (χ3n) is 2.92. The summed E-state index contributed by atoms with van der Waals surface area (Å²) in [6, 6.07) is 2.18. The molecule has 0 aliphatic rings. The van der Waals surface area contributed by atoms with Gasteiger partial charge in [-0.2, -0.15) is 13.2 Å². The standard InChI is InChI=1S/C14H12F4N2O/c1-2-6-20-7-5-19-13(20)12(21)9-3-4-11(15)10(8-9)14(16,17)18/h3-5,7-8H,2,6H2,1H3. The van der Waals surface area contributed by atoms with Gasteiger partial charge in [0.25, 0.3) is 0 Å². The van der Waals surface area contributed by atoms with Crippen molar-refractivity contribution in [1.29, 1.82) is 0 Å². The predicted molar refractivity (Wildman–Crippen MR) is 67.4 cm³/mol. The van der Waals surface area contributed by atoms with Gasteiger partial charge in [-0.1, -0.05) is 6.92 Å². The van der Waals surface area contributed by atoms with Crippen LogP contribution in [0.2, 0.25) is 0 Å². The number of halogens is 4. The first-order chi connectivity index (χ1) is 9.84. The average molecular weight is 300 g/mol. The van der Waals surface area contributed by atoms with Crippen LogP contribution in [0, 0.1) is 5.82 Å². The highest BCUT2D eigenvalue weighted by Crippen LogP contribution is 2.32. The third kappa shape index (κ3) is 3.12. The van der Waals surface area contributed by atoms with E-state index in [1.165, 1.54) is 6.20 Å². The van der Waals surface area contributed by atoms with Gasteiger partial charge >= 0.3 is 6.18 Å². The van der Waals surface area contributed by atoms with Crippen molar-refractivity contribution in [3.05, 3.63) is 53.4 Å². The first-order valence-corrected chi connectivity index (χ1v) is 6.27. The Morgan fingerprint density at radius 3 is 2.67 bits per heavy atom. The molecule has 1 heterocycles. The molecule has 0 spiro atoms. The Morgan fingerprint density at radius 2 is 2.05 bits per heavy atom. The number of alkyl halides is 3. The lowest BCUT2D eigenvalue weighted by atomic mass is 10.1. The zero-order chi connectivity index (χ0) is 15.6. The highest BCUT2D eigenvalue weighted by atomic mass is 19.4. The topological polar surface area (TPSA) is 34.9 Å². The number of nitrogens with zero attached hydrogens (tertiary/aromatic N) is 2. The van der Waals surface area contributed by atoms with E-state index in [1.807, 2.05) is 6.92 Å². The molecule has 112 valence electrons. The quantitative estimate of drug-likeness (QED) is 0.637. The van der Waals surface area contributed by atoms with Crippen LogP contribution in [0.25, 0.3) is 0 Å². The third-order valence-corrected chi connectivity index (χ3v) is 2.92. The molecule has 0 unspecified atom stereocenters. The molecule has 0 saturated heterocycles. The van der Waals surface area contributed by atoms with Crippen LogP contribution in [0.5, 0.6) is 0 Å². The van der Waals surface area contributed by atoms with Gasteiger partial charge in [0.15, 0.2) is 5.82 Å². The van der Waals surface area contributed by atoms with Crippen molar-refractivity contribution in [2.24, 2.45) is 0 Å². The zero-order valence-electron chi connectivity index (χ0n) is 11.1. The Labute approximate surface area is 118 Å². The molecule has 0 aliphatic heterocycles. The van der Waals surface area contributed by atoms with E-state index in [9.17, 15) is 22.4 Å². The van der Waals surface area contributed by atoms with E-state index in [0.717, 1.165) is 12.5 Å². The molecule has 0 aliphatic carbocycles. The van der Waals surface area contributed by atoms with Crippen molar-refractivity contribution in [2.75, 3.05) is 0 Å². The lowest BCUT2D eigenvalue weighted by Crippen LogP contribution is -2.14. The highest BCUT2D eigenvalue weighted by molar-refractivity contribution is 6.06. The van der Waals surface area contributed by atoms with Crippen LogP contribution in [-0.2, 0) is 12.7 Å². The number of hydrogen-bond donors (Lipinski definition) is 0. The maximum Gasteiger partial charge on any atom is 0.419 e. The summed E-state index contributed by atoms with van der Waals surface area (Å²) < 4.78 is 52.8. The summed E-state index contributed by atoms with van der Waals surface area (Å²) in [6.07, 6.45) is -1.13. The minimum absolute atomic E-state index is 0.0385. The molecule has 0 N–H and O–H groups in total. The molecule has 7 heteroatoms. The van der Waals surface area contributed by atoms with Crippen LogP contribution < -0.4 is 0 Å². The van der Waals surface area contributed by atoms with Crippen LogP contribution >= 0.6 is 0 Å². The van der Waals surface area contributed by atoms with E-state index in [1.54, 1.807) is 10.8 Å². The normalized spacial score (nSPS) is 11.7. The number of benzene rings is 1. The molecular formula is C14H12F4N2O. The van der Waals surface area contributed by atoms with Crippen molar-refractivity contribution in [3.8, 4) is 0 Å². The van der Waals surface area contributed by atoms with Crippen molar-refractivity contribution >= 4 is 5.78 Å². The zero-order valence-corrected chi connectivity index (χ0v) is 11.1. The number of ketones is 1. The largest absolute Gasteiger partial charge is 0.419 e. The molecule has 0 fully saturated rings. The maximum absolute atomic E-state index is 13.2. The molecule has 3 nitrogen and oxygen atoms in total. The van der Waals surface area contributed by atoms with Crippen LogP contribution in [0.15, 0.2) is 30.6 Å². The number of carbonyl (C=O) groups excluding carboxylic acids is 1. The van der Waals surface area contributed by atoms with Crippen molar-refractivity contribution in [2.45, 2.75) is 26.1 Å². The first-order valence-electron chi connectivity index (χ1n) is 6.27. The second kappa shape index (κ2) is 5.67. The van der Waals surface area contributed by atoms with Gasteiger partial charge in [0.2, 0.25) is 5.78 Å². The minimum atomic E-state index is -4.85. The summed E-state index contributed by atoms with van der Waals surface area (Å²) in [5.74, 6) is -2.04. The average Bonchev–Trinajstić information content (AvgIpc) is 2.86. The molecule has 0 saturated carbocycles. The molecule has 1 aromatic heterocycles. The van der Waals surface area contributed by atoms with Crippen LogP contribution in [-0.4, -0.2) is 15.3 Å². The second-order valence-electron chi connectivity index (χ2n) is 4.47. The number of imidazole rings is 1. The summed E-state index contributed by atoms with van der Waals surface area (Å²) in [5, 5.41) is 0. The second-order valence-corrected chi connectivity index (χ2v) is 4.47. The first kappa shape index (κ1) is 15.2. The highest BCUT2D eigenvalue weighted by Gasteiger charge is 2.35. The molecule has 2 aromatic rings. The Kier molecular flexibility index (Phi) is 4.11. The summed E-state index contributed by atoms with van der Waals surface area (Å²) in [6.45, 7) is 2.42. The van der Waals surface area contributed by atoms with Gasteiger partial charge in [-0.15, -0.1) is 0 Å². The van der Waals surface area contributed by atoms with Crippen LogP contribution in [0.3, 0.4) is 0 Å². The summed E-state index contributed by atoms with van der Waals surface area (Å²) in [5.41, 5.74) is -1.70. The fourth-order valence-electron chi connectivity index (χ4n) is 1.95. The number of carbonyl (C=O) groups is 1. The maximum atomic E-state index is 13.2. The van der Waals surface area contributed by atoms with E-state index >= 15 is 0 Å². The van der Waals surface area contributed by atoms with E-state index in [0.29, 0.717) is 18.7 Å². The number of aromatic nitrogens is 2. The molecule has 2 rings (SSSR count). The van der Waals surface area contributed by atoms with Crippen LogP contribution in [0.4, 0.5) is 17.6 Å². The summed E-state index contributed by atoms with van der Waals surface area (Å²) in [7, 11) is 0. The Bertz CT molecular complexity index is 661. The summed E-state index contributed by atoms with van der Waals surface area (Å²) in [4.78, 5) is 16.1. The van der Waals surface area contributed by atoms with E-state index in [4.69, 9.17) is 0 Å². The van der Waals surface area contributed by atoms with Gasteiger partial charge < -0.3 is 4.57 Å². The Morgan fingerprint density at radius 1 is 1.33 bits per heavy atom. The van der Waals surface area contributed by atoms with E-state index < -0.39 is 23.3 Å². The minimum Gasteiger partial charge on any atom is -0.328 e. The molecule has 21 heavy (non-hydrogen) atoms. The Hall–Kier alpha value is -2.18. The molecule has 0 amide bonds. The van der Waals surface area contributed by atoms with E-state index in [-0.39, 0.29) is 11.4 Å². The van der Waals surface area contributed by atoms with Crippen molar-refractivity contribution in [3.63, 3.8) is 0 Å². The number of hydrogen-bond acceptors (Lipinski definition) is 2. The fraction of sp³-hybridized carbons (Fsp3) is 0.286. The lowest BCUT2D eigenvalue weighted by molar-refractivity contribution is -0.140. The Balaban J connectivity index is 2.42. The van der Waals surface area contributed by atoms with Gasteiger partial charge in [-0.25, -0.2) is 9.37 Å².